The standard InChI is InChI=1S/C7H6BrN3O/c1-12-11-4-5(8)2-6-7(11)3-9-10-6/h2-4H,1H3. The lowest BCUT2D eigenvalue weighted by atomic mass is 10.3. The molecular formula is C7H6BrN3O. The minimum absolute atomic E-state index is 0.811. The summed E-state index contributed by atoms with van der Waals surface area (Å²) in [5.41, 5.74) is 1.67. The molecule has 62 valence electrons. The van der Waals surface area contributed by atoms with E-state index in [1.165, 1.54) is 0 Å². The first kappa shape index (κ1) is 7.54. The van der Waals surface area contributed by atoms with Crippen molar-refractivity contribution in [1.82, 2.24) is 14.9 Å². The van der Waals surface area contributed by atoms with Gasteiger partial charge in [-0.05, 0) is 22.0 Å². The second-order valence-corrected chi connectivity index (χ2v) is 3.20. The maximum Gasteiger partial charge on any atom is 0.127 e. The summed E-state index contributed by atoms with van der Waals surface area (Å²) in [7, 11) is 1.60. The van der Waals surface area contributed by atoms with Crippen LogP contribution in [0.5, 0.6) is 0 Å². The first-order chi connectivity index (χ1) is 5.81. The molecule has 0 N–H and O–H groups in total. The van der Waals surface area contributed by atoms with Gasteiger partial charge >= 0.3 is 0 Å². The first-order valence-electron chi connectivity index (χ1n) is 3.35. The van der Waals surface area contributed by atoms with Gasteiger partial charge in [-0.15, -0.1) is 5.10 Å². The van der Waals surface area contributed by atoms with Crippen LogP contribution in [0, 0.1) is 0 Å². The number of pyridine rings is 1. The molecule has 12 heavy (non-hydrogen) atoms. The molecule has 0 saturated carbocycles. The van der Waals surface area contributed by atoms with E-state index in [2.05, 4.69) is 26.1 Å². The van der Waals surface area contributed by atoms with Gasteiger partial charge in [0.15, 0.2) is 0 Å². The van der Waals surface area contributed by atoms with E-state index in [1.54, 1.807) is 18.0 Å². The highest BCUT2D eigenvalue weighted by atomic mass is 79.9. The third-order valence-electron chi connectivity index (χ3n) is 1.56. The Morgan fingerprint density at radius 1 is 1.58 bits per heavy atom. The average Bonchev–Trinajstić information content (AvgIpc) is 2.50. The van der Waals surface area contributed by atoms with Crippen molar-refractivity contribution in [3.8, 4) is 11.4 Å². The van der Waals surface area contributed by atoms with Gasteiger partial charge in [0, 0.05) is 4.47 Å². The van der Waals surface area contributed by atoms with Gasteiger partial charge in [0.2, 0.25) is 0 Å². The van der Waals surface area contributed by atoms with Crippen LogP contribution in [0.1, 0.15) is 0 Å². The monoisotopic (exact) mass is 227 g/mol. The summed E-state index contributed by atoms with van der Waals surface area (Å²) in [6.45, 7) is 0. The van der Waals surface area contributed by atoms with E-state index >= 15 is 0 Å². The van der Waals surface area contributed by atoms with E-state index in [-0.39, 0.29) is 0 Å². The number of hydrogen-bond donors (Lipinski definition) is 0. The van der Waals surface area contributed by atoms with Gasteiger partial charge in [0.1, 0.15) is 18.5 Å². The van der Waals surface area contributed by atoms with Crippen molar-refractivity contribution in [1.29, 1.82) is 0 Å². The van der Waals surface area contributed by atoms with Crippen LogP contribution in [0.4, 0.5) is 0 Å². The molecule has 0 bridgehead atoms. The Morgan fingerprint density at radius 2 is 2.42 bits per heavy atom. The molecule has 2 heterocycles. The van der Waals surface area contributed by atoms with Crippen LogP contribution in [-0.2, 0) is 0 Å². The van der Waals surface area contributed by atoms with Crippen LogP contribution in [0.2, 0.25) is 0 Å². The molecular weight excluding hydrogens is 222 g/mol. The normalized spacial score (nSPS) is 10.5. The Kier molecular flexibility index (Phi) is 1.73. The number of halogens is 1. The lowest BCUT2D eigenvalue weighted by molar-refractivity contribution is 0.169. The first-order valence-corrected chi connectivity index (χ1v) is 4.14. The quantitative estimate of drug-likeness (QED) is 0.736. The second-order valence-electron chi connectivity index (χ2n) is 2.28. The molecule has 2 aliphatic heterocycles. The lowest BCUT2D eigenvalue weighted by Gasteiger charge is -2.08. The van der Waals surface area contributed by atoms with E-state index < -0.39 is 0 Å². The minimum Gasteiger partial charge on any atom is -0.417 e. The van der Waals surface area contributed by atoms with Gasteiger partial charge in [0.05, 0.1) is 12.4 Å². The summed E-state index contributed by atoms with van der Waals surface area (Å²) in [5, 5.41) is 7.69. The Balaban J connectivity index is 2.70. The molecule has 0 spiro atoms. The Labute approximate surface area is 77.6 Å². The van der Waals surface area contributed by atoms with E-state index in [0.29, 0.717) is 0 Å². The minimum atomic E-state index is 0.811. The Morgan fingerprint density at radius 3 is 3.17 bits per heavy atom. The fraction of sp³-hybridized carbons (Fsp3) is 0.143. The lowest BCUT2D eigenvalue weighted by Crippen LogP contribution is -2.08. The van der Waals surface area contributed by atoms with E-state index in [1.807, 2.05) is 12.3 Å². The molecule has 0 aromatic rings. The van der Waals surface area contributed by atoms with E-state index in [9.17, 15) is 0 Å². The highest BCUT2D eigenvalue weighted by Crippen LogP contribution is 2.21. The predicted octanol–water partition coefficient (Wildman–Crippen LogP) is 1.20. The maximum atomic E-state index is 5.07. The second kappa shape index (κ2) is 2.75. The summed E-state index contributed by atoms with van der Waals surface area (Å²) >= 11 is 3.34. The zero-order valence-corrected chi connectivity index (χ0v) is 7.95. The molecule has 2 rings (SSSR count). The van der Waals surface area contributed by atoms with Gasteiger partial charge in [0.25, 0.3) is 0 Å². The van der Waals surface area contributed by atoms with Crippen molar-refractivity contribution in [2.24, 2.45) is 0 Å². The Bertz CT molecular complexity index is 373. The number of fused-ring (bicyclic) bond motifs is 1. The van der Waals surface area contributed by atoms with Crippen molar-refractivity contribution in [3.63, 3.8) is 0 Å². The van der Waals surface area contributed by atoms with Crippen molar-refractivity contribution in [2.75, 3.05) is 7.11 Å². The largest absolute Gasteiger partial charge is 0.417 e. The highest BCUT2D eigenvalue weighted by Gasteiger charge is 2.10. The van der Waals surface area contributed by atoms with Crippen molar-refractivity contribution in [2.45, 2.75) is 0 Å². The summed E-state index contributed by atoms with van der Waals surface area (Å²) < 4.78 is 2.52. The predicted molar refractivity (Wildman–Crippen MR) is 46.8 cm³/mol. The SMILES string of the molecule is COn1cc(Br)cc2nncc1-2. The number of hydrogen-bond acceptors (Lipinski definition) is 3. The number of aromatic nitrogens is 3. The molecule has 2 aliphatic rings. The molecule has 0 fully saturated rings. The van der Waals surface area contributed by atoms with E-state index in [4.69, 9.17) is 4.84 Å². The van der Waals surface area contributed by atoms with Crippen LogP contribution in [-0.4, -0.2) is 22.0 Å². The molecule has 0 radical (unpaired) electrons. The fourth-order valence-corrected chi connectivity index (χ4v) is 1.44. The van der Waals surface area contributed by atoms with E-state index in [0.717, 1.165) is 15.9 Å². The zero-order valence-electron chi connectivity index (χ0n) is 6.36. The summed E-state index contributed by atoms with van der Waals surface area (Å²) in [6.07, 6.45) is 3.47. The fourth-order valence-electron chi connectivity index (χ4n) is 1.04. The van der Waals surface area contributed by atoms with Crippen molar-refractivity contribution >= 4 is 15.9 Å². The number of rotatable bonds is 1. The third-order valence-corrected chi connectivity index (χ3v) is 1.99. The molecule has 0 aromatic carbocycles. The molecule has 0 saturated heterocycles. The summed E-state index contributed by atoms with van der Waals surface area (Å²) in [5.74, 6) is 0. The summed E-state index contributed by atoms with van der Waals surface area (Å²) in [4.78, 5) is 5.07. The van der Waals surface area contributed by atoms with Crippen LogP contribution >= 0.6 is 15.9 Å². The van der Waals surface area contributed by atoms with Gasteiger partial charge in [-0.3, -0.25) is 0 Å². The molecule has 0 unspecified atom stereocenters. The zero-order chi connectivity index (χ0) is 8.55. The van der Waals surface area contributed by atoms with Gasteiger partial charge in [-0.25, -0.2) is 0 Å². The summed E-state index contributed by atoms with van der Waals surface area (Å²) in [6, 6.07) is 1.89. The van der Waals surface area contributed by atoms with Gasteiger partial charge in [-0.1, -0.05) is 0 Å². The molecule has 4 nitrogen and oxygen atoms in total. The number of nitrogens with zero attached hydrogens (tertiary/aromatic N) is 3. The Hall–Kier alpha value is -1.10. The molecule has 0 atom stereocenters. The van der Waals surface area contributed by atoms with Gasteiger partial charge < -0.3 is 4.84 Å². The van der Waals surface area contributed by atoms with Crippen LogP contribution < -0.4 is 4.84 Å². The van der Waals surface area contributed by atoms with Crippen LogP contribution in [0.3, 0.4) is 0 Å². The topological polar surface area (TPSA) is 39.9 Å². The molecule has 0 aliphatic carbocycles. The van der Waals surface area contributed by atoms with Gasteiger partial charge in [-0.2, -0.15) is 9.83 Å². The smallest absolute Gasteiger partial charge is 0.127 e. The molecule has 0 amide bonds. The van der Waals surface area contributed by atoms with Crippen LogP contribution in [0.25, 0.3) is 11.4 Å². The van der Waals surface area contributed by atoms with Crippen LogP contribution in [0.15, 0.2) is 22.9 Å². The van der Waals surface area contributed by atoms with Crippen molar-refractivity contribution < 1.29 is 4.84 Å². The van der Waals surface area contributed by atoms with Crippen molar-refractivity contribution in [3.05, 3.63) is 22.9 Å². The molecule has 0 aromatic heterocycles. The highest BCUT2D eigenvalue weighted by molar-refractivity contribution is 9.10. The maximum absolute atomic E-state index is 5.07. The average molecular weight is 228 g/mol. The molecule has 5 heteroatoms. The third kappa shape index (κ3) is 1.06.